The van der Waals surface area contributed by atoms with E-state index in [0.717, 1.165) is 0 Å². The Hall–Kier alpha value is -1.56. The first-order chi connectivity index (χ1) is 8.45. The highest BCUT2D eigenvalue weighted by atomic mass is 19.2. The number of nitrogens with one attached hydrogen (secondary N) is 1. The largest absolute Gasteiger partial charge is 0.377 e. The van der Waals surface area contributed by atoms with E-state index >= 15 is 0 Å². The molecule has 0 heterocycles. The van der Waals surface area contributed by atoms with E-state index in [9.17, 15) is 18.0 Å². The molecule has 0 aliphatic carbocycles. The standard InChI is InChI=1S/C12H14F3NO2/c1-3-18-7(2)6-16-12(17)8-4-9(13)11(15)10(14)5-8/h4-5,7H,3,6H2,1-2H3,(H,16,17). The van der Waals surface area contributed by atoms with Crippen LogP contribution in [0.2, 0.25) is 0 Å². The van der Waals surface area contributed by atoms with E-state index in [1.165, 1.54) is 0 Å². The number of hydrogen-bond acceptors (Lipinski definition) is 2. The molecule has 1 unspecified atom stereocenters. The summed E-state index contributed by atoms with van der Waals surface area (Å²) in [6.45, 7) is 4.25. The van der Waals surface area contributed by atoms with Crippen molar-refractivity contribution in [2.75, 3.05) is 13.2 Å². The van der Waals surface area contributed by atoms with Gasteiger partial charge in [-0.1, -0.05) is 0 Å². The zero-order chi connectivity index (χ0) is 13.7. The Balaban J connectivity index is 2.67. The van der Waals surface area contributed by atoms with E-state index in [2.05, 4.69) is 5.32 Å². The lowest BCUT2D eigenvalue weighted by atomic mass is 10.2. The van der Waals surface area contributed by atoms with Crippen LogP contribution in [0, 0.1) is 17.5 Å². The Bertz CT molecular complexity index is 414. The Morgan fingerprint density at radius 3 is 2.39 bits per heavy atom. The van der Waals surface area contributed by atoms with Crippen molar-refractivity contribution in [2.45, 2.75) is 20.0 Å². The van der Waals surface area contributed by atoms with E-state index in [0.29, 0.717) is 18.7 Å². The maximum absolute atomic E-state index is 12.9. The van der Waals surface area contributed by atoms with Crippen molar-refractivity contribution in [3.8, 4) is 0 Å². The van der Waals surface area contributed by atoms with Gasteiger partial charge in [-0.3, -0.25) is 4.79 Å². The first-order valence-corrected chi connectivity index (χ1v) is 5.50. The van der Waals surface area contributed by atoms with E-state index in [1.54, 1.807) is 6.92 Å². The molecule has 3 nitrogen and oxygen atoms in total. The molecule has 1 aromatic rings. The maximum Gasteiger partial charge on any atom is 0.251 e. The molecule has 100 valence electrons. The molecule has 0 aromatic heterocycles. The highest BCUT2D eigenvalue weighted by Gasteiger charge is 2.15. The predicted molar refractivity (Wildman–Crippen MR) is 59.7 cm³/mol. The molecule has 0 fully saturated rings. The van der Waals surface area contributed by atoms with Crippen LogP contribution >= 0.6 is 0 Å². The molecule has 0 spiro atoms. The maximum atomic E-state index is 12.9. The Kier molecular flexibility index (Phi) is 5.15. The van der Waals surface area contributed by atoms with Crippen LogP contribution in [-0.2, 0) is 4.74 Å². The van der Waals surface area contributed by atoms with Crippen LogP contribution in [0.5, 0.6) is 0 Å². The van der Waals surface area contributed by atoms with Gasteiger partial charge in [0, 0.05) is 18.7 Å². The molecule has 1 amide bonds. The lowest BCUT2D eigenvalue weighted by Crippen LogP contribution is -2.32. The summed E-state index contributed by atoms with van der Waals surface area (Å²) in [5, 5.41) is 2.44. The second-order valence-electron chi connectivity index (χ2n) is 3.73. The van der Waals surface area contributed by atoms with E-state index < -0.39 is 23.4 Å². The average molecular weight is 261 g/mol. The van der Waals surface area contributed by atoms with Crippen molar-refractivity contribution in [2.24, 2.45) is 0 Å². The molecule has 0 saturated heterocycles. The van der Waals surface area contributed by atoms with Crippen LogP contribution in [-0.4, -0.2) is 25.2 Å². The molecule has 1 atom stereocenters. The van der Waals surface area contributed by atoms with Gasteiger partial charge in [-0.2, -0.15) is 0 Å². The van der Waals surface area contributed by atoms with Gasteiger partial charge in [-0.25, -0.2) is 13.2 Å². The van der Waals surface area contributed by atoms with Crippen LogP contribution in [0.15, 0.2) is 12.1 Å². The van der Waals surface area contributed by atoms with Gasteiger partial charge in [0.15, 0.2) is 17.5 Å². The minimum atomic E-state index is -1.59. The van der Waals surface area contributed by atoms with Crippen molar-refractivity contribution < 1.29 is 22.7 Å². The second kappa shape index (κ2) is 6.39. The summed E-state index contributed by atoms with van der Waals surface area (Å²) in [5.41, 5.74) is -0.268. The minimum absolute atomic E-state index is 0.202. The Morgan fingerprint density at radius 1 is 1.33 bits per heavy atom. The van der Waals surface area contributed by atoms with Gasteiger partial charge in [0.2, 0.25) is 0 Å². The number of carbonyl (C=O) groups excluding carboxylic acids is 1. The van der Waals surface area contributed by atoms with Crippen molar-refractivity contribution in [3.63, 3.8) is 0 Å². The Morgan fingerprint density at radius 2 is 1.89 bits per heavy atom. The number of carbonyl (C=O) groups is 1. The van der Waals surface area contributed by atoms with Gasteiger partial charge >= 0.3 is 0 Å². The van der Waals surface area contributed by atoms with Gasteiger partial charge in [0.25, 0.3) is 5.91 Å². The van der Waals surface area contributed by atoms with E-state index in [1.807, 2.05) is 6.92 Å². The van der Waals surface area contributed by atoms with Crippen LogP contribution in [0.1, 0.15) is 24.2 Å². The molecular weight excluding hydrogens is 247 g/mol. The van der Waals surface area contributed by atoms with E-state index in [-0.39, 0.29) is 18.2 Å². The molecule has 0 saturated carbocycles. The smallest absolute Gasteiger partial charge is 0.251 e. The third-order valence-electron chi connectivity index (χ3n) is 2.25. The molecule has 1 N–H and O–H groups in total. The molecule has 1 aromatic carbocycles. The molecule has 0 aliphatic heterocycles. The third kappa shape index (κ3) is 3.73. The highest BCUT2D eigenvalue weighted by molar-refractivity contribution is 5.94. The second-order valence-corrected chi connectivity index (χ2v) is 3.73. The number of ether oxygens (including phenoxy) is 1. The van der Waals surface area contributed by atoms with Crippen LogP contribution < -0.4 is 5.32 Å². The van der Waals surface area contributed by atoms with Gasteiger partial charge < -0.3 is 10.1 Å². The minimum Gasteiger partial charge on any atom is -0.377 e. The number of rotatable bonds is 5. The normalized spacial score (nSPS) is 12.3. The highest BCUT2D eigenvalue weighted by Crippen LogP contribution is 2.13. The number of benzene rings is 1. The zero-order valence-electron chi connectivity index (χ0n) is 10.1. The lowest BCUT2D eigenvalue weighted by Gasteiger charge is -2.12. The van der Waals surface area contributed by atoms with Crippen molar-refractivity contribution in [1.29, 1.82) is 0 Å². The van der Waals surface area contributed by atoms with Gasteiger partial charge in [-0.15, -0.1) is 0 Å². The number of halogens is 3. The fourth-order valence-corrected chi connectivity index (χ4v) is 1.37. The summed E-state index contributed by atoms with van der Waals surface area (Å²) in [6, 6.07) is 1.30. The summed E-state index contributed by atoms with van der Waals surface area (Å²) in [5.74, 6) is -5.05. The van der Waals surface area contributed by atoms with Gasteiger partial charge in [0.05, 0.1) is 6.10 Å². The first kappa shape index (κ1) is 14.5. The molecule has 0 radical (unpaired) electrons. The van der Waals surface area contributed by atoms with Gasteiger partial charge in [0.1, 0.15) is 0 Å². The molecule has 0 aliphatic rings. The van der Waals surface area contributed by atoms with Crippen molar-refractivity contribution in [3.05, 3.63) is 35.1 Å². The first-order valence-electron chi connectivity index (χ1n) is 5.50. The molecule has 18 heavy (non-hydrogen) atoms. The lowest BCUT2D eigenvalue weighted by molar-refractivity contribution is 0.0694. The number of hydrogen-bond donors (Lipinski definition) is 1. The third-order valence-corrected chi connectivity index (χ3v) is 2.25. The van der Waals surface area contributed by atoms with Crippen molar-refractivity contribution in [1.82, 2.24) is 5.32 Å². The summed E-state index contributed by atoms with van der Waals surface area (Å²) < 4.78 is 43.7. The van der Waals surface area contributed by atoms with E-state index in [4.69, 9.17) is 4.74 Å². The summed E-state index contributed by atoms with van der Waals surface area (Å²) >= 11 is 0. The van der Waals surface area contributed by atoms with Crippen LogP contribution in [0.3, 0.4) is 0 Å². The van der Waals surface area contributed by atoms with Crippen molar-refractivity contribution >= 4 is 5.91 Å². The molecule has 1 rings (SSSR count). The van der Waals surface area contributed by atoms with Crippen LogP contribution in [0.4, 0.5) is 13.2 Å². The topological polar surface area (TPSA) is 38.3 Å². The molecule has 0 bridgehead atoms. The summed E-state index contributed by atoms with van der Waals surface area (Å²) in [6.07, 6.45) is -0.214. The SMILES string of the molecule is CCOC(C)CNC(=O)c1cc(F)c(F)c(F)c1. The predicted octanol–water partition coefficient (Wildman–Crippen LogP) is 2.26. The quantitative estimate of drug-likeness (QED) is 0.826. The average Bonchev–Trinajstić information content (AvgIpc) is 2.32. The monoisotopic (exact) mass is 261 g/mol. The number of amides is 1. The summed E-state index contributed by atoms with van der Waals surface area (Å²) in [7, 11) is 0. The summed E-state index contributed by atoms with van der Waals surface area (Å²) in [4.78, 5) is 11.5. The Labute approximate surface area is 103 Å². The van der Waals surface area contributed by atoms with Crippen LogP contribution in [0.25, 0.3) is 0 Å². The fourth-order valence-electron chi connectivity index (χ4n) is 1.37. The fraction of sp³-hybridized carbons (Fsp3) is 0.417. The van der Waals surface area contributed by atoms with Gasteiger partial charge in [-0.05, 0) is 26.0 Å². The molecular formula is C12H14F3NO2. The zero-order valence-corrected chi connectivity index (χ0v) is 10.1. The molecule has 6 heteroatoms.